The van der Waals surface area contributed by atoms with Crippen molar-refractivity contribution in [2.45, 2.75) is 0 Å². The summed E-state index contributed by atoms with van der Waals surface area (Å²) in [7, 11) is 1.63. The molecule has 0 aliphatic carbocycles. The van der Waals surface area contributed by atoms with Crippen molar-refractivity contribution >= 4 is 39.3 Å². The fourth-order valence-corrected chi connectivity index (χ4v) is 3.21. The van der Waals surface area contributed by atoms with Gasteiger partial charge in [-0.2, -0.15) is 0 Å². The van der Waals surface area contributed by atoms with Crippen molar-refractivity contribution in [3.05, 3.63) is 42.5 Å². The van der Waals surface area contributed by atoms with Crippen molar-refractivity contribution in [2.24, 2.45) is 4.99 Å². The Balaban J connectivity index is 1.97. The molecule has 2 aromatic carbocycles. The van der Waals surface area contributed by atoms with Crippen LogP contribution in [-0.2, 0) is 9.53 Å². The number of ether oxygens (including phenoxy) is 1. The van der Waals surface area contributed by atoms with E-state index in [2.05, 4.69) is 18.2 Å². The Labute approximate surface area is 127 Å². The Morgan fingerprint density at radius 1 is 1.24 bits per heavy atom. The summed E-state index contributed by atoms with van der Waals surface area (Å²) < 4.78 is 5.06. The summed E-state index contributed by atoms with van der Waals surface area (Å²) in [6.45, 7) is 1.06. The lowest BCUT2D eigenvalue weighted by atomic mass is 10.1. The highest BCUT2D eigenvalue weighted by atomic mass is 32.2. The van der Waals surface area contributed by atoms with Crippen LogP contribution in [0.3, 0.4) is 0 Å². The summed E-state index contributed by atoms with van der Waals surface area (Å²) in [5.41, 5.74) is 0.896. The molecule has 5 heteroatoms. The minimum atomic E-state index is 0.0936. The van der Waals surface area contributed by atoms with Gasteiger partial charge in [-0.25, -0.2) is 4.99 Å². The molecule has 1 aliphatic rings. The van der Waals surface area contributed by atoms with E-state index in [4.69, 9.17) is 9.73 Å². The molecule has 2 aromatic rings. The molecule has 0 saturated carbocycles. The SMILES string of the molecule is COCCN1C(=O)CSC1=Nc1cccc2ccccc12. The lowest BCUT2D eigenvalue weighted by molar-refractivity contribution is -0.124. The number of carbonyl (C=O) groups is 1. The van der Waals surface area contributed by atoms with Gasteiger partial charge in [-0.1, -0.05) is 48.2 Å². The summed E-state index contributed by atoms with van der Waals surface area (Å²) in [5.74, 6) is 0.545. The quantitative estimate of drug-likeness (QED) is 0.871. The number of methoxy groups -OCH3 is 1. The van der Waals surface area contributed by atoms with Crippen LogP contribution in [0.5, 0.6) is 0 Å². The molecule has 4 nitrogen and oxygen atoms in total. The van der Waals surface area contributed by atoms with Gasteiger partial charge in [0.25, 0.3) is 0 Å². The number of nitrogens with zero attached hydrogens (tertiary/aromatic N) is 2. The van der Waals surface area contributed by atoms with Crippen molar-refractivity contribution in [2.75, 3.05) is 26.0 Å². The molecule has 0 aromatic heterocycles. The van der Waals surface area contributed by atoms with Gasteiger partial charge in [-0.05, 0) is 11.5 Å². The number of amidine groups is 1. The molecule has 0 unspecified atom stereocenters. The van der Waals surface area contributed by atoms with E-state index in [0.717, 1.165) is 21.6 Å². The van der Waals surface area contributed by atoms with Crippen LogP contribution in [0.4, 0.5) is 5.69 Å². The highest BCUT2D eigenvalue weighted by Gasteiger charge is 2.27. The number of rotatable bonds is 4. The second-order valence-electron chi connectivity index (χ2n) is 4.72. The Kier molecular flexibility index (Phi) is 4.22. The maximum absolute atomic E-state index is 11.9. The molecule has 0 atom stereocenters. The second kappa shape index (κ2) is 6.28. The molecular formula is C16H16N2O2S. The summed E-state index contributed by atoms with van der Waals surface area (Å²) in [4.78, 5) is 18.3. The number of carbonyl (C=O) groups excluding carboxylic acids is 1. The van der Waals surface area contributed by atoms with Crippen LogP contribution >= 0.6 is 11.8 Å². The predicted molar refractivity (Wildman–Crippen MR) is 87.1 cm³/mol. The fraction of sp³-hybridized carbons (Fsp3) is 0.250. The third-order valence-corrected chi connectivity index (χ3v) is 4.32. The van der Waals surface area contributed by atoms with Crippen LogP contribution in [0.1, 0.15) is 0 Å². The first kappa shape index (κ1) is 14.1. The summed E-state index contributed by atoms with van der Waals surface area (Å²) in [6.07, 6.45) is 0. The average molecular weight is 300 g/mol. The van der Waals surface area contributed by atoms with Crippen molar-refractivity contribution in [3.8, 4) is 0 Å². The van der Waals surface area contributed by atoms with Gasteiger partial charge < -0.3 is 4.74 Å². The van der Waals surface area contributed by atoms with Gasteiger partial charge in [-0.3, -0.25) is 9.69 Å². The van der Waals surface area contributed by atoms with E-state index in [-0.39, 0.29) is 5.91 Å². The molecule has 1 amide bonds. The fourth-order valence-electron chi connectivity index (χ4n) is 2.29. The van der Waals surface area contributed by atoms with Gasteiger partial charge in [0.05, 0.1) is 24.6 Å². The minimum absolute atomic E-state index is 0.0936. The molecule has 108 valence electrons. The van der Waals surface area contributed by atoms with E-state index in [9.17, 15) is 4.79 Å². The van der Waals surface area contributed by atoms with E-state index in [1.807, 2.05) is 24.3 Å². The molecule has 0 radical (unpaired) electrons. The number of hydrogen-bond acceptors (Lipinski definition) is 4. The summed E-state index contributed by atoms with van der Waals surface area (Å²) in [6, 6.07) is 14.2. The molecule has 1 aliphatic heterocycles. The van der Waals surface area contributed by atoms with Gasteiger partial charge in [0.2, 0.25) is 5.91 Å². The monoisotopic (exact) mass is 300 g/mol. The predicted octanol–water partition coefficient (Wildman–Crippen LogP) is 3.05. The molecule has 0 spiro atoms. The highest BCUT2D eigenvalue weighted by Crippen LogP contribution is 2.29. The maximum atomic E-state index is 11.9. The van der Waals surface area contributed by atoms with Crippen LogP contribution in [0, 0.1) is 0 Å². The molecule has 3 rings (SSSR count). The first-order valence-corrected chi connectivity index (χ1v) is 7.77. The van der Waals surface area contributed by atoms with E-state index < -0.39 is 0 Å². The van der Waals surface area contributed by atoms with Crippen LogP contribution in [0.25, 0.3) is 10.8 Å². The lowest BCUT2D eigenvalue weighted by Crippen LogP contribution is -2.32. The molecule has 0 bridgehead atoms. The zero-order chi connectivity index (χ0) is 14.7. The third-order valence-electron chi connectivity index (χ3n) is 3.36. The largest absolute Gasteiger partial charge is 0.383 e. The topological polar surface area (TPSA) is 41.9 Å². The zero-order valence-corrected chi connectivity index (χ0v) is 12.6. The maximum Gasteiger partial charge on any atom is 0.239 e. The van der Waals surface area contributed by atoms with E-state index in [1.54, 1.807) is 12.0 Å². The van der Waals surface area contributed by atoms with Crippen molar-refractivity contribution in [1.82, 2.24) is 4.90 Å². The van der Waals surface area contributed by atoms with Gasteiger partial charge >= 0.3 is 0 Å². The van der Waals surface area contributed by atoms with E-state index >= 15 is 0 Å². The van der Waals surface area contributed by atoms with E-state index in [0.29, 0.717) is 18.9 Å². The third kappa shape index (κ3) is 2.94. The minimum Gasteiger partial charge on any atom is -0.383 e. The van der Waals surface area contributed by atoms with Gasteiger partial charge in [-0.15, -0.1) is 0 Å². The van der Waals surface area contributed by atoms with Crippen molar-refractivity contribution < 1.29 is 9.53 Å². The Hall–Kier alpha value is -1.85. The van der Waals surface area contributed by atoms with Gasteiger partial charge in [0.1, 0.15) is 0 Å². The number of aliphatic imine (C=N–C) groups is 1. The Morgan fingerprint density at radius 2 is 2.05 bits per heavy atom. The second-order valence-corrected chi connectivity index (χ2v) is 5.66. The van der Waals surface area contributed by atoms with Gasteiger partial charge in [0, 0.05) is 12.5 Å². The number of thioether (sulfide) groups is 1. The number of hydrogen-bond donors (Lipinski definition) is 0. The lowest BCUT2D eigenvalue weighted by Gasteiger charge is -2.15. The number of benzene rings is 2. The average Bonchev–Trinajstić information content (AvgIpc) is 2.86. The number of fused-ring (bicyclic) bond motifs is 1. The summed E-state index contributed by atoms with van der Waals surface area (Å²) >= 11 is 1.48. The smallest absolute Gasteiger partial charge is 0.239 e. The molecule has 0 N–H and O–H groups in total. The molecule has 21 heavy (non-hydrogen) atoms. The molecule has 1 saturated heterocycles. The highest BCUT2D eigenvalue weighted by molar-refractivity contribution is 8.15. The normalized spacial score (nSPS) is 17.1. The first-order valence-electron chi connectivity index (χ1n) is 6.78. The molecular weight excluding hydrogens is 284 g/mol. The van der Waals surface area contributed by atoms with Gasteiger partial charge in [0.15, 0.2) is 5.17 Å². The molecule has 1 heterocycles. The van der Waals surface area contributed by atoms with Crippen LogP contribution in [-0.4, -0.2) is 42.0 Å². The van der Waals surface area contributed by atoms with Crippen LogP contribution < -0.4 is 0 Å². The Morgan fingerprint density at radius 3 is 2.90 bits per heavy atom. The zero-order valence-electron chi connectivity index (χ0n) is 11.8. The Bertz CT molecular complexity index is 694. The summed E-state index contributed by atoms with van der Waals surface area (Å²) in [5, 5.41) is 3.00. The molecule has 1 fully saturated rings. The number of amides is 1. The van der Waals surface area contributed by atoms with Crippen LogP contribution in [0.15, 0.2) is 47.5 Å². The van der Waals surface area contributed by atoms with Crippen LogP contribution in [0.2, 0.25) is 0 Å². The van der Waals surface area contributed by atoms with Crippen molar-refractivity contribution in [1.29, 1.82) is 0 Å². The van der Waals surface area contributed by atoms with E-state index in [1.165, 1.54) is 11.8 Å². The first-order chi connectivity index (χ1) is 10.3. The van der Waals surface area contributed by atoms with Crippen molar-refractivity contribution in [3.63, 3.8) is 0 Å². The standard InChI is InChI=1S/C16H16N2O2S/c1-20-10-9-18-15(19)11-21-16(18)17-14-8-4-6-12-5-2-3-7-13(12)14/h2-8H,9-11H2,1H3.